The third-order valence-electron chi connectivity index (χ3n) is 6.93. The predicted molar refractivity (Wildman–Crippen MR) is 147 cm³/mol. The van der Waals surface area contributed by atoms with Gasteiger partial charge in [0.25, 0.3) is 11.8 Å². The number of fused-ring (bicyclic) bond motifs is 2. The van der Waals surface area contributed by atoms with Crippen molar-refractivity contribution in [1.29, 1.82) is 0 Å². The van der Waals surface area contributed by atoms with E-state index in [1.54, 1.807) is 0 Å². The zero-order valence-corrected chi connectivity index (χ0v) is 23.6. The number of hydroxylamine groups is 2. The van der Waals surface area contributed by atoms with Gasteiger partial charge in [-0.3, -0.25) is 24.5 Å². The smallest absolute Gasteiger partial charge is 0.352 e. The molecular weight excluding hydrogens is 574 g/mol. The summed E-state index contributed by atoms with van der Waals surface area (Å²) in [5.74, 6) is -2.74. The number of nitrogens with one attached hydrogen (secondary N) is 1. The van der Waals surface area contributed by atoms with Crippen molar-refractivity contribution in [3.63, 3.8) is 0 Å². The number of aromatic nitrogens is 2. The molecule has 0 unspecified atom stereocenters. The minimum atomic E-state index is -1.20. The highest BCUT2D eigenvalue weighted by Gasteiger charge is 2.55. The number of carboxylic acids is 1. The molecule has 0 radical (unpaired) electrons. The Hall–Kier alpha value is -4.02. The summed E-state index contributed by atoms with van der Waals surface area (Å²) in [7, 11) is 0. The number of thiazole rings is 1. The third-order valence-corrected chi connectivity index (χ3v) is 8.94. The summed E-state index contributed by atoms with van der Waals surface area (Å²) >= 11 is 2.45. The van der Waals surface area contributed by atoms with E-state index >= 15 is 0 Å². The molecular formula is C25H28N7O7S2+. The number of carbonyl (C=O) groups is 4. The van der Waals surface area contributed by atoms with Gasteiger partial charge in [-0.2, -0.15) is 4.57 Å². The molecule has 0 aromatic carbocycles. The number of pyridine rings is 1. The third kappa shape index (κ3) is 5.75. The number of aliphatic carboxylic acids is 1. The molecule has 16 heteroatoms. The summed E-state index contributed by atoms with van der Waals surface area (Å²) in [6.45, 7) is 1.11. The Morgan fingerprint density at radius 2 is 2.17 bits per heavy atom. The quantitative estimate of drug-likeness (QED) is 0.0713. The maximum absolute atomic E-state index is 13.2. The zero-order valence-electron chi connectivity index (χ0n) is 22.0. The van der Waals surface area contributed by atoms with Gasteiger partial charge in [0, 0.05) is 41.7 Å². The lowest BCUT2D eigenvalue weighted by Gasteiger charge is -2.49. The second-order valence-corrected chi connectivity index (χ2v) is 11.6. The Morgan fingerprint density at radius 1 is 1.37 bits per heavy atom. The number of hydrogen-bond donors (Lipinski definition) is 4. The fourth-order valence-electron chi connectivity index (χ4n) is 4.98. The second-order valence-electron chi connectivity index (χ2n) is 9.57. The van der Waals surface area contributed by atoms with Crippen LogP contribution in [0.15, 0.2) is 40.1 Å². The van der Waals surface area contributed by atoms with Crippen LogP contribution in [-0.4, -0.2) is 85.0 Å². The number of thioether (sulfide) groups is 1. The van der Waals surface area contributed by atoms with Crippen molar-refractivity contribution in [3.8, 4) is 0 Å². The molecule has 3 amide bonds. The summed E-state index contributed by atoms with van der Waals surface area (Å²) in [4.78, 5) is 60.3. The molecule has 0 bridgehead atoms. The van der Waals surface area contributed by atoms with E-state index in [9.17, 15) is 29.5 Å². The Kier molecular flexibility index (Phi) is 8.23. The minimum Gasteiger partial charge on any atom is -0.477 e. The lowest BCUT2D eigenvalue weighted by atomic mass is 10.0. The molecule has 4 heterocycles. The van der Waals surface area contributed by atoms with E-state index in [4.69, 9.17) is 10.6 Å². The van der Waals surface area contributed by atoms with Gasteiger partial charge in [0.15, 0.2) is 29.3 Å². The largest absolute Gasteiger partial charge is 0.477 e. The van der Waals surface area contributed by atoms with Crippen LogP contribution in [-0.2, 0) is 43.4 Å². The highest BCUT2D eigenvalue weighted by Crippen LogP contribution is 2.40. The average molecular weight is 603 g/mol. The van der Waals surface area contributed by atoms with Crippen molar-refractivity contribution in [3.05, 3.63) is 51.9 Å². The number of aryl methyl sites for hydroxylation is 1. The van der Waals surface area contributed by atoms with Crippen molar-refractivity contribution in [2.75, 3.05) is 24.6 Å². The Balaban J connectivity index is 1.31. The van der Waals surface area contributed by atoms with Crippen molar-refractivity contribution in [1.82, 2.24) is 20.3 Å². The standard InChI is InChI=1S/C25H27N7O7S2/c1-13(33)31(38)8-9-39-29-18(16-12-41-25(26)27-16)21(34)28-19-22(35)32-20(24(36)37)15(11-40-23(19)32)10-30-7-3-5-14-4-2-6-17(14)30/h3,5,7,12,19,23,38H,2,4,6,8-11H2,1H3,(H3-,26,27,28,34,36,37)/p+1/b29-18-/t19-,23-/m1/s1. The van der Waals surface area contributed by atoms with E-state index in [0.717, 1.165) is 30.6 Å². The highest BCUT2D eigenvalue weighted by atomic mass is 32.2. The van der Waals surface area contributed by atoms with E-state index in [1.807, 2.05) is 12.3 Å². The summed E-state index contributed by atoms with van der Waals surface area (Å²) in [5.41, 5.74) is 8.56. The molecule has 41 heavy (non-hydrogen) atoms. The molecule has 216 valence electrons. The van der Waals surface area contributed by atoms with E-state index in [-0.39, 0.29) is 35.4 Å². The number of β-lactam (4-membered cyclic amide) rings is 1. The number of carbonyl (C=O) groups excluding carboxylic acids is 3. The van der Waals surface area contributed by atoms with E-state index < -0.39 is 35.1 Å². The molecule has 5 rings (SSSR count). The molecule has 1 aliphatic carbocycles. The summed E-state index contributed by atoms with van der Waals surface area (Å²) in [5, 5.41) is 27.5. The Bertz CT molecular complexity index is 1470. The lowest BCUT2D eigenvalue weighted by Crippen LogP contribution is -2.71. The average Bonchev–Trinajstić information content (AvgIpc) is 3.60. The van der Waals surface area contributed by atoms with Crippen LogP contribution in [0.5, 0.6) is 0 Å². The van der Waals surface area contributed by atoms with Crippen LogP contribution in [0.2, 0.25) is 0 Å². The topological polar surface area (TPSA) is 192 Å². The number of hydrogen-bond acceptors (Lipinski definition) is 11. The molecule has 1 fully saturated rings. The number of anilines is 1. The molecule has 2 aliphatic heterocycles. The number of amides is 3. The first-order chi connectivity index (χ1) is 19.7. The van der Waals surface area contributed by atoms with E-state index in [0.29, 0.717) is 22.9 Å². The number of nitrogens with two attached hydrogens (primary N) is 1. The number of nitrogen functional groups attached to an aromatic ring is 1. The van der Waals surface area contributed by atoms with Gasteiger partial charge >= 0.3 is 5.97 Å². The van der Waals surface area contributed by atoms with Gasteiger partial charge < -0.3 is 21.0 Å². The molecule has 1 saturated heterocycles. The first-order valence-corrected chi connectivity index (χ1v) is 14.7. The first kappa shape index (κ1) is 28.5. The molecule has 0 spiro atoms. The number of rotatable bonds is 10. The van der Waals surface area contributed by atoms with Crippen LogP contribution >= 0.6 is 23.1 Å². The molecule has 5 N–H and O–H groups in total. The van der Waals surface area contributed by atoms with Crippen LogP contribution in [0.3, 0.4) is 0 Å². The summed E-state index contributed by atoms with van der Waals surface area (Å²) < 4.78 is 2.06. The van der Waals surface area contributed by atoms with Gasteiger partial charge in [-0.25, -0.2) is 14.8 Å². The monoisotopic (exact) mass is 602 g/mol. The van der Waals surface area contributed by atoms with Crippen LogP contribution in [0.25, 0.3) is 0 Å². The van der Waals surface area contributed by atoms with Gasteiger partial charge in [-0.1, -0.05) is 5.16 Å². The summed E-state index contributed by atoms with van der Waals surface area (Å²) in [6.07, 6.45) is 4.90. The summed E-state index contributed by atoms with van der Waals surface area (Å²) in [6, 6.07) is 3.04. The lowest BCUT2D eigenvalue weighted by molar-refractivity contribution is -0.696. The molecule has 2 aromatic rings. The van der Waals surface area contributed by atoms with Crippen molar-refractivity contribution in [2.45, 2.75) is 44.1 Å². The SMILES string of the molecule is CC(=O)N(O)CCO/N=C(\C(=O)N[C@@H]1C(=O)N2C(C(=O)O)=C(C[n+]3cccc4c3CCC4)CS[C@H]12)c1csc(N)n1. The molecule has 14 nitrogen and oxygen atoms in total. The normalized spacial score (nSPS) is 19.8. The van der Waals surface area contributed by atoms with Gasteiger partial charge in [-0.05, 0) is 18.9 Å². The second kappa shape index (κ2) is 11.8. The highest BCUT2D eigenvalue weighted by molar-refractivity contribution is 8.00. The molecule has 3 aliphatic rings. The number of oxime groups is 1. The number of nitrogens with zero attached hydrogens (tertiary/aromatic N) is 5. The molecule has 0 saturated carbocycles. The predicted octanol–water partition coefficient (Wildman–Crippen LogP) is -0.101. The molecule has 2 atom stereocenters. The van der Waals surface area contributed by atoms with Crippen molar-refractivity contribution in [2.24, 2.45) is 5.16 Å². The fourth-order valence-corrected chi connectivity index (χ4v) is 6.86. The maximum Gasteiger partial charge on any atom is 0.352 e. The van der Waals surface area contributed by atoms with Crippen LogP contribution in [0.4, 0.5) is 5.13 Å². The van der Waals surface area contributed by atoms with Gasteiger partial charge in [0.05, 0.1) is 6.54 Å². The molecule has 2 aromatic heterocycles. The fraction of sp³-hybridized carbons (Fsp3) is 0.400. The Morgan fingerprint density at radius 3 is 2.88 bits per heavy atom. The van der Waals surface area contributed by atoms with Crippen molar-refractivity contribution < 1.29 is 38.9 Å². The van der Waals surface area contributed by atoms with Gasteiger partial charge in [0.2, 0.25) is 5.91 Å². The van der Waals surface area contributed by atoms with Gasteiger partial charge in [-0.15, -0.1) is 23.1 Å². The van der Waals surface area contributed by atoms with Crippen molar-refractivity contribution >= 4 is 57.6 Å². The van der Waals surface area contributed by atoms with Gasteiger partial charge in [0.1, 0.15) is 29.4 Å². The van der Waals surface area contributed by atoms with E-state index in [1.165, 1.54) is 40.2 Å². The zero-order chi connectivity index (χ0) is 29.3. The maximum atomic E-state index is 13.2. The van der Waals surface area contributed by atoms with Crippen LogP contribution < -0.4 is 15.6 Å². The van der Waals surface area contributed by atoms with E-state index in [2.05, 4.69) is 26.1 Å². The minimum absolute atomic E-state index is 0.0594. The van der Waals surface area contributed by atoms with Crippen LogP contribution in [0, 0.1) is 0 Å². The number of carboxylic acid groups (broad SMARTS) is 1. The van der Waals surface area contributed by atoms with Crippen LogP contribution in [0.1, 0.15) is 30.3 Å². The first-order valence-electron chi connectivity index (χ1n) is 12.7. The Labute approximate surface area is 242 Å².